The van der Waals surface area contributed by atoms with Gasteiger partial charge in [0.15, 0.2) is 0 Å². The van der Waals surface area contributed by atoms with Crippen LogP contribution in [0, 0.1) is 17.2 Å². The predicted molar refractivity (Wildman–Crippen MR) is 82.1 cm³/mol. The molecule has 2 N–H and O–H groups in total. The van der Waals surface area contributed by atoms with Crippen molar-refractivity contribution in [3.05, 3.63) is 29.6 Å². The van der Waals surface area contributed by atoms with Crippen LogP contribution in [0.15, 0.2) is 18.2 Å². The summed E-state index contributed by atoms with van der Waals surface area (Å²) in [6.07, 6.45) is 1.12. The van der Waals surface area contributed by atoms with E-state index in [0.717, 1.165) is 25.2 Å². The first-order valence-electron chi connectivity index (χ1n) is 6.64. The van der Waals surface area contributed by atoms with Gasteiger partial charge in [-0.05, 0) is 29.9 Å². The van der Waals surface area contributed by atoms with Gasteiger partial charge in [0.05, 0.1) is 5.56 Å². The molecule has 4 heteroatoms. The van der Waals surface area contributed by atoms with E-state index in [0.29, 0.717) is 11.5 Å². The minimum atomic E-state index is -0.329. The van der Waals surface area contributed by atoms with Gasteiger partial charge in [-0.2, -0.15) is 0 Å². The maximum absolute atomic E-state index is 13.9. The largest absolute Gasteiger partial charge is 0.389 e. The Kier molecular flexibility index (Phi) is 3.81. The number of rotatable bonds is 2. The van der Waals surface area contributed by atoms with E-state index in [2.05, 4.69) is 25.7 Å². The average Bonchev–Trinajstić information content (AvgIpc) is 2.76. The smallest absolute Gasteiger partial charge is 0.135 e. The van der Waals surface area contributed by atoms with E-state index in [1.807, 2.05) is 6.07 Å². The quantitative estimate of drug-likeness (QED) is 0.843. The second-order valence-electron chi connectivity index (χ2n) is 6.30. The van der Waals surface area contributed by atoms with Crippen LogP contribution in [0.1, 0.15) is 32.8 Å². The van der Waals surface area contributed by atoms with E-state index >= 15 is 0 Å². The van der Waals surface area contributed by atoms with Gasteiger partial charge in [-0.25, -0.2) is 4.39 Å². The fourth-order valence-electron chi connectivity index (χ4n) is 2.71. The van der Waals surface area contributed by atoms with Gasteiger partial charge in [0.1, 0.15) is 10.8 Å². The van der Waals surface area contributed by atoms with Crippen molar-refractivity contribution in [2.24, 2.45) is 17.1 Å². The molecule has 1 aromatic rings. The zero-order valence-corrected chi connectivity index (χ0v) is 12.6. The summed E-state index contributed by atoms with van der Waals surface area (Å²) in [5.74, 6) is 0.277. The zero-order chi connectivity index (χ0) is 14.2. The number of benzene rings is 1. The SMILES string of the molecule is CC(C)(C)C1CCN(c2cccc(F)c2C(N)=S)C1. The van der Waals surface area contributed by atoms with Gasteiger partial charge in [0, 0.05) is 18.8 Å². The molecule has 1 saturated heterocycles. The first kappa shape index (κ1) is 14.3. The third-order valence-electron chi connectivity index (χ3n) is 3.99. The van der Waals surface area contributed by atoms with Gasteiger partial charge in [-0.15, -0.1) is 0 Å². The summed E-state index contributed by atoms with van der Waals surface area (Å²) in [5.41, 5.74) is 7.15. The van der Waals surface area contributed by atoms with E-state index in [9.17, 15) is 4.39 Å². The molecule has 104 valence electrons. The fraction of sp³-hybridized carbons (Fsp3) is 0.533. The highest BCUT2D eigenvalue weighted by atomic mass is 32.1. The number of hydrogen-bond donors (Lipinski definition) is 1. The summed E-state index contributed by atoms with van der Waals surface area (Å²) in [6, 6.07) is 5.04. The van der Waals surface area contributed by atoms with Crippen LogP contribution in [0.4, 0.5) is 10.1 Å². The van der Waals surface area contributed by atoms with E-state index in [1.54, 1.807) is 6.07 Å². The van der Waals surface area contributed by atoms with Crippen molar-refractivity contribution in [2.75, 3.05) is 18.0 Å². The third-order valence-corrected chi connectivity index (χ3v) is 4.20. The van der Waals surface area contributed by atoms with Gasteiger partial charge in [0.25, 0.3) is 0 Å². The maximum atomic E-state index is 13.9. The molecule has 1 unspecified atom stereocenters. The van der Waals surface area contributed by atoms with Crippen LogP contribution >= 0.6 is 12.2 Å². The molecule has 0 bridgehead atoms. The lowest BCUT2D eigenvalue weighted by Crippen LogP contribution is -2.28. The van der Waals surface area contributed by atoms with Crippen LogP contribution in [-0.2, 0) is 0 Å². The molecule has 1 aromatic carbocycles. The van der Waals surface area contributed by atoms with Crippen LogP contribution in [0.2, 0.25) is 0 Å². The van der Waals surface area contributed by atoms with Gasteiger partial charge in [-0.3, -0.25) is 0 Å². The van der Waals surface area contributed by atoms with Crippen molar-refractivity contribution < 1.29 is 4.39 Å². The molecule has 1 fully saturated rings. The average molecular weight is 280 g/mol. The molecular formula is C15H21FN2S. The van der Waals surface area contributed by atoms with Crippen LogP contribution < -0.4 is 10.6 Å². The summed E-state index contributed by atoms with van der Waals surface area (Å²) in [4.78, 5) is 2.33. The minimum absolute atomic E-state index is 0.132. The second kappa shape index (κ2) is 5.08. The Morgan fingerprint density at radius 2 is 2.11 bits per heavy atom. The summed E-state index contributed by atoms with van der Waals surface area (Å²) < 4.78 is 13.9. The van der Waals surface area contributed by atoms with Crippen LogP contribution in [0.3, 0.4) is 0 Å². The topological polar surface area (TPSA) is 29.3 Å². The molecule has 0 radical (unpaired) electrons. The van der Waals surface area contributed by atoms with Crippen LogP contribution in [0.5, 0.6) is 0 Å². The molecule has 1 atom stereocenters. The Hall–Kier alpha value is -1.16. The highest BCUT2D eigenvalue weighted by Crippen LogP contribution is 2.36. The summed E-state index contributed by atoms with van der Waals surface area (Å²) in [5, 5.41) is 0. The summed E-state index contributed by atoms with van der Waals surface area (Å²) >= 11 is 4.99. The number of anilines is 1. The van der Waals surface area contributed by atoms with Crippen molar-refractivity contribution in [3.8, 4) is 0 Å². The Balaban J connectivity index is 2.30. The molecule has 0 aromatic heterocycles. The Labute approximate surface area is 119 Å². The van der Waals surface area contributed by atoms with Crippen molar-refractivity contribution in [1.82, 2.24) is 0 Å². The monoisotopic (exact) mass is 280 g/mol. The lowest BCUT2D eigenvalue weighted by molar-refractivity contribution is 0.263. The fourth-order valence-corrected chi connectivity index (χ4v) is 2.91. The Morgan fingerprint density at radius 1 is 1.42 bits per heavy atom. The molecule has 0 aliphatic carbocycles. The highest BCUT2D eigenvalue weighted by Gasteiger charge is 2.33. The molecule has 0 saturated carbocycles. The normalized spacial score (nSPS) is 19.8. The van der Waals surface area contributed by atoms with E-state index in [4.69, 9.17) is 18.0 Å². The summed E-state index contributed by atoms with van der Waals surface area (Å²) in [6.45, 7) is 8.62. The lowest BCUT2D eigenvalue weighted by Gasteiger charge is -2.28. The zero-order valence-electron chi connectivity index (χ0n) is 11.7. The predicted octanol–water partition coefficient (Wildman–Crippen LogP) is 3.33. The first-order valence-corrected chi connectivity index (χ1v) is 7.05. The van der Waals surface area contributed by atoms with E-state index < -0.39 is 0 Å². The van der Waals surface area contributed by atoms with E-state index in [-0.39, 0.29) is 16.2 Å². The molecule has 2 rings (SSSR count). The lowest BCUT2D eigenvalue weighted by atomic mass is 9.80. The third kappa shape index (κ3) is 2.89. The number of nitrogens with zero attached hydrogens (tertiary/aromatic N) is 1. The molecule has 0 amide bonds. The minimum Gasteiger partial charge on any atom is -0.389 e. The molecule has 0 spiro atoms. The van der Waals surface area contributed by atoms with Gasteiger partial charge >= 0.3 is 0 Å². The second-order valence-corrected chi connectivity index (χ2v) is 6.74. The summed E-state index contributed by atoms with van der Waals surface area (Å²) in [7, 11) is 0. The van der Waals surface area contributed by atoms with E-state index in [1.165, 1.54) is 6.07 Å². The number of thiocarbonyl (C=S) groups is 1. The van der Waals surface area contributed by atoms with Crippen molar-refractivity contribution >= 4 is 22.9 Å². The molecule has 1 aliphatic heterocycles. The standard InChI is InChI=1S/C15H21FN2S/c1-15(2,3)10-7-8-18(9-10)12-6-4-5-11(16)13(12)14(17)19/h4-6,10H,7-9H2,1-3H3,(H2,17,19). The van der Waals surface area contributed by atoms with Crippen LogP contribution in [-0.4, -0.2) is 18.1 Å². The first-order chi connectivity index (χ1) is 8.80. The van der Waals surface area contributed by atoms with Gasteiger partial charge in [0.2, 0.25) is 0 Å². The Bertz CT molecular complexity index is 493. The number of hydrogen-bond acceptors (Lipinski definition) is 2. The molecular weight excluding hydrogens is 259 g/mol. The van der Waals surface area contributed by atoms with Gasteiger partial charge in [-0.1, -0.05) is 39.1 Å². The maximum Gasteiger partial charge on any atom is 0.135 e. The highest BCUT2D eigenvalue weighted by molar-refractivity contribution is 7.80. The van der Waals surface area contributed by atoms with Gasteiger partial charge < -0.3 is 10.6 Å². The van der Waals surface area contributed by atoms with Crippen LogP contribution in [0.25, 0.3) is 0 Å². The van der Waals surface area contributed by atoms with Crippen molar-refractivity contribution in [3.63, 3.8) is 0 Å². The number of halogens is 1. The number of nitrogens with two attached hydrogens (primary N) is 1. The molecule has 1 aliphatic rings. The molecule has 2 nitrogen and oxygen atoms in total. The Morgan fingerprint density at radius 3 is 2.63 bits per heavy atom. The van der Waals surface area contributed by atoms with Crippen molar-refractivity contribution in [1.29, 1.82) is 0 Å². The molecule has 19 heavy (non-hydrogen) atoms. The van der Waals surface area contributed by atoms with Crippen molar-refractivity contribution in [2.45, 2.75) is 27.2 Å². The molecule has 1 heterocycles.